The Kier molecular flexibility index (Phi) is 7.18. The number of nitrogens with zero attached hydrogens (tertiary/aromatic N) is 2. The van der Waals surface area contributed by atoms with Gasteiger partial charge in [-0.2, -0.15) is 0 Å². The SMILES string of the molecule is CC(C)CN(Cc1csc(COc2ccccc2C(C)C)n1)C(=O)c1ccc2c(c1)OCO2. The molecule has 0 fully saturated rings. The Hall–Kier alpha value is -3.06. The van der Waals surface area contributed by atoms with Crippen molar-refractivity contribution in [2.24, 2.45) is 5.92 Å². The molecule has 3 aromatic rings. The molecule has 0 aliphatic carbocycles. The minimum absolute atomic E-state index is 0.0429. The lowest BCUT2D eigenvalue weighted by Crippen LogP contribution is -2.33. The van der Waals surface area contributed by atoms with Crippen molar-refractivity contribution in [2.45, 2.75) is 46.8 Å². The van der Waals surface area contributed by atoms with Crippen LogP contribution in [-0.4, -0.2) is 29.1 Å². The molecule has 0 N–H and O–H groups in total. The van der Waals surface area contributed by atoms with Crippen molar-refractivity contribution < 1.29 is 19.0 Å². The largest absolute Gasteiger partial charge is 0.486 e. The van der Waals surface area contributed by atoms with Crippen LogP contribution in [0, 0.1) is 5.92 Å². The maximum absolute atomic E-state index is 13.3. The summed E-state index contributed by atoms with van der Waals surface area (Å²) >= 11 is 1.56. The fourth-order valence-electron chi connectivity index (χ4n) is 3.78. The van der Waals surface area contributed by atoms with Crippen LogP contribution in [0.4, 0.5) is 0 Å². The maximum Gasteiger partial charge on any atom is 0.254 e. The number of benzene rings is 2. The lowest BCUT2D eigenvalue weighted by Gasteiger charge is -2.24. The zero-order valence-corrected chi connectivity index (χ0v) is 20.4. The lowest BCUT2D eigenvalue weighted by atomic mass is 10.0. The first-order valence-corrected chi connectivity index (χ1v) is 12.1. The summed E-state index contributed by atoms with van der Waals surface area (Å²) in [7, 11) is 0. The number of aromatic nitrogens is 1. The fourth-order valence-corrected chi connectivity index (χ4v) is 4.48. The van der Waals surface area contributed by atoms with Crippen molar-refractivity contribution in [3.8, 4) is 17.2 Å². The summed E-state index contributed by atoms with van der Waals surface area (Å²) in [5.41, 5.74) is 2.64. The summed E-state index contributed by atoms with van der Waals surface area (Å²) in [6.07, 6.45) is 0. The molecule has 1 amide bonds. The number of hydrogen-bond acceptors (Lipinski definition) is 6. The Labute approximate surface area is 199 Å². The van der Waals surface area contributed by atoms with Gasteiger partial charge in [0.15, 0.2) is 11.5 Å². The van der Waals surface area contributed by atoms with Crippen LogP contribution in [-0.2, 0) is 13.2 Å². The number of carbonyl (C=O) groups is 1. The standard InChI is InChI=1S/C26H30N2O4S/c1-17(2)12-28(26(29)19-9-10-23-24(11-19)32-16-31-23)13-20-15-33-25(27-20)14-30-22-8-6-5-7-21(22)18(3)4/h5-11,15,17-18H,12-14,16H2,1-4H3. The van der Waals surface area contributed by atoms with E-state index in [4.69, 9.17) is 19.2 Å². The van der Waals surface area contributed by atoms with Crippen LogP contribution in [0.5, 0.6) is 17.2 Å². The first-order valence-electron chi connectivity index (χ1n) is 11.2. The van der Waals surface area contributed by atoms with Gasteiger partial charge >= 0.3 is 0 Å². The predicted molar refractivity (Wildman–Crippen MR) is 129 cm³/mol. The highest BCUT2D eigenvalue weighted by atomic mass is 32.1. The highest BCUT2D eigenvalue weighted by Gasteiger charge is 2.22. The van der Waals surface area contributed by atoms with E-state index in [-0.39, 0.29) is 12.7 Å². The van der Waals surface area contributed by atoms with Crippen molar-refractivity contribution in [1.82, 2.24) is 9.88 Å². The highest BCUT2D eigenvalue weighted by molar-refractivity contribution is 7.09. The number of thiazole rings is 1. The first-order chi connectivity index (χ1) is 15.9. The van der Waals surface area contributed by atoms with Gasteiger partial charge in [0.25, 0.3) is 5.91 Å². The van der Waals surface area contributed by atoms with E-state index < -0.39 is 0 Å². The molecule has 0 bridgehead atoms. The molecule has 0 radical (unpaired) electrons. The number of fused-ring (bicyclic) bond motifs is 1. The third kappa shape index (κ3) is 5.66. The van der Waals surface area contributed by atoms with E-state index in [1.165, 1.54) is 5.56 Å². The molecule has 4 rings (SSSR count). The quantitative estimate of drug-likeness (QED) is 0.395. The summed E-state index contributed by atoms with van der Waals surface area (Å²) in [5, 5.41) is 2.90. The van der Waals surface area contributed by atoms with E-state index in [2.05, 4.69) is 33.8 Å². The van der Waals surface area contributed by atoms with Crippen LogP contribution >= 0.6 is 11.3 Å². The average molecular weight is 467 g/mol. The molecule has 0 saturated carbocycles. The van der Waals surface area contributed by atoms with Crippen LogP contribution in [0.15, 0.2) is 47.8 Å². The Morgan fingerprint density at radius 2 is 1.91 bits per heavy atom. The molecule has 174 valence electrons. The van der Waals surface area contributed by atoms with Crippen LogP contribution in [0.1, 0.15) is 60.2 Å². The first kappa shape index (κ1) is 23.1. The van der Waals surface area contributed by atoms with Crippen LogP contribution < -0.4 is 14.2 Å². The molecule has 0 atom stereocenters. The molecule has 1 aromatic heterocycles. The molecule has 1 aliphatic rings. The minimum Gasteiger partial charge on any atom is -0.486 e. The van der Waals surface area contributed by atoms with Gasteiger partial charge in [-0.1, -0.05) is 45.9 Å². The van der Waals surface area contributed by atoms with Gasteiger partial charge in [0.05, 0.1) is 12.2 Å². The monoisotopic (exact) mass is 466 g/mol. The van der Waals surface area contributed by atoms with Gasteiger partial charge in [-0.25, -0.2) is 4.98 Å². The van der Waals surface area contributed by atoms with E-state index >= 15 is 0 Å². The van der Waals surface area contributed by atoms with Crippen LogP contribution in [0.2, 0.25) is 0 Å². The highest BCUT2D eigenvalue weighted by Crippen LogP contribution is 2.33. The molecule has 0 saturated heterocycles. The number of para-hydroxylation sites is 1. The normalized spacial score (nSPS) is 12.4. The second-order valence-corrected chi connectivity index (χ2v) is 9.80. The van der Waals surface area contributed by atoms with Crippen molar-refractivity contribution in [2.75, 3.05) is 13.3 Å². The van der Waals surface area contributed by atoms with Crippen molar-refractivity contribution in [3.05, 3.63) is 69.7 Å². The lowest BCUT2D eigenvalue weighted by molar-refractivity contribution is 0.0720. The van der Waals surface area contributed by atoms with Gasteiger partial charge in [0.2, 0.25) is 6.79 Å². The van der Waals surface area contributed by atoms with E-state index in [0.29, 0.717) is 48.6 Å². The van der Waals surface area contributed by atoms with Gasteiger partial charge < -0.3 is 19.1 Å². The smallest absolute Gasteiger partial charge is 0.254 e. The number of amides is 1. The Bertz CT molecular complexity index is 1110. The second kappa shape index (κ2) is 10.3. The molecular formula is C26H30N2O4S. The molecule has 2 aromatic carbocycles. The molecule has 0 unspecified atom stereocenters. The number of carbonyl (C=O) groups excluding carboxylic acids is 1. The Balaban J connectivity index is 1.44. The average Bonchev–Trinajstić information content (AvgIpc) is 3.45. The van der Waals surface area contributed by atoms with Gasteiger partial charge in [-0.3, -0.25) is 4.79 Å². The third-order valence-electron chi connectivity index (χ3n) is 5.34. The minimum atomic E-state index is -0.0429. The van der Waals surface area contributed by atoms with Gasteiger partial charge in [0.1, 0.15) is 17.4 Å². The molecule has 1 aliphatic heterocycles. The van der Waals surface area contributed by atoms with Gasteiger partial charge in [0, 0.05) is 17.5 Å². The Morgan fingerprint density at radius 1 is 1.12 bits per heavy atom. The fraction of sp³-hybridized carbons (Fsp3) is 0.385. The molecule has 6 nitrogen and oxygen atoms in total. The van der Waals surface area contributed by atoms with Crippen LogP contribution in [0.3, 0.4) is 0 Å². The second-order valence-electron chi connectivity index (χ2n) is 8.86. The molecule has 2 heterocycles. The molecule has 0 spiro atoms. The van der Waals surface area contributed by atoms with Gasteiger partial charge in [-0.05, 0) is 41.7 Å². The zero-order valence-electron chi connectivity index (χ0n) is 19.5. The topological polar surface area (TPSA) is 60.9 Å². The van der Waals surface area contributed by atoms with E-state index in [0.717, 1.165) is 16.5 Å². The number of ether oxygens (including phenoxy) is 3. The zero-order chi connectivity index (χ0) is 23.4. The molecule has 7 heteroatoms. The van der Waals surface area contributed by atoms with E-state index in [9.17, 15) is 4.79 Å². The summed E-state index contributed by atoms with van der Waals surface area (Å²) in [6, 6.07) is 13.4. The summed E-state index contributed by atoms with van der Waals surface area (Å²) in [6.45, 7) is 10.2. The van der Waals surface area contributed by atoms with Gasteiger partial charge in [-0.15, -0.1) is 11.3 Å². The number of rotatable bonds is 9. The maximum atomic E-state index is 13.3. The molecular weight excluding hydrogens is 436 g/mol. The van der Waals surface area contributed by atoms with Crippen molar-refractivity contribution >= 4 is 17.2 Å². The van der Waals surface area contributed by atoms with E-state index in [1.807, 2.05) is 28.5 Å². The Morgan fingerprint density at radius 3 is 2.70 bits per heavy atom. The summed E-state index contributed by atoms with van der Waals surface area (Å²) < 4.78 is 16.9. The molecule has 33 heavy (non-hydrogen) atoms. The van der Waals surface area contributed by atoms with E-state index in [1.54, 1.807) is 29.5 Å². The third-order valence-corrected chi connectivity index (χ3v) is 6.21. The van der Waals surface area contributed by atoms with Crippen molar-refractivity contribution in [1.29, 1.82) is 0 Å². The summed E-state index contributed by atoms with van der Waals surface area (Å²) in [4.78, 5) is 19.9. The van der Waals surface area contributed by atoms with Crippen molar-refractivity contribution in [3.63, 3.8) is 0 Å². The number of hydrogen-bond donors (Lipinski definition) is 0. The summed E-state index contributed by atoms with van der Waals surface area (Å²) in [5.74, 6) is 2.85. The van der Waals surface area contributed by atoms with Crippen LogP contribution in [0.25, 0.3) is 0 Å². The predicted octanol–water partition coefficient (Wildman–Crippen LogP) is 5.87.